The van der Waals surface area contributed by atoms with Crippen molar-refractivity contribution in [3.63, 3.8) is 0 Å². The summed E-state index contributed by atoms with van der Waals surface area (Å²) in [6.45, 7) is 3.14. The molecule has 5 heteroatoms. The zero-order chi connectivity index (χ0) is 13.5. The summed E-state index contributed by atoms with van der Waals surface area (Å²) in [5.41, 5.74) is 0.715. The van der Waals surface area contributed by atoms with E-state index in [9.17, 15) is 5.11 Å². The van der Waals surface area contributed by atoms with Crippen molar-refractivity contribution >= 4 is 23.2 Å². The summed E-state index contributed by atoms with van der Waals surface area (Å²) in [6, 6.07) is 5.32. The number of nitrogens with one attached hydrogen (secondary N) is 1. The molecular weight excluding hydrogens is 273 g/mol. The van der Waals surface area contributed by atoms with E-state index < -0.39 is 6.10 Å². The zero-order valence-electron chi connectivity index (χ0n) is 10.6. The van der Waals surface area contributed by atoms with E-state index in [4.69, 9.17) is 27.9 Å². The maximum absolute atomic E-state index is 10.1. The monoisotopic (exact) mass is 291 g/mol. The van der Waals surface area contributed by atoms with Crippen molar-refractivity contribution in [3.05, 3.63) is 33.8 Å². The molecule has 0 bridgehead atoms. The number of hydrogen-bond donors (Lipinski definition) is 2. The van der Waals surface area contributed by atoms with Gasteiger partial charge in [-0.3, -0.25) is 0 Å². The van der Waals surface area contributed by atoms with E-state index in [1.54, 1.807) is 25.3 Å². The Labute approximate surface area is 118 Å². The van der Waals surface area contributed by atoms with E-state index in [1.165, 1.54) is 0 Å². The molecule has 0 aliphatic heterocycles. The molecule has 0 aliphatic carbocycles. The number of rotatable bonds is 7. The molecule has 18 heavy (non-hydrogen) atoms. The summed E-state index contributed by atoms with van der Waals surface area (Å²) in [4.78, 5) is 0. The summed E-state index contributed by atoms with van der Waals surface area (Å²) in [5, 5.41) is 14.4. The number of ether oxygens (including phenoxy) is 1. The molecular formula is C13H19Cl2NO2. The lowest BCUT2D eigenvalue weighted by Crippen LogP contribution is -2.35. The molecule has 0 saturated heterocycles. The number of aliphatic hydroxyl groups is 1. The van der Waals surface area contributed by atoms with Crippen LogP contribution in [0.3, 0.4) is 0 Å². The van der Waals surface area contributed by atoms with Gasteiger partial charge in [-0.25, -0.2) is 0 Å². The summed E-state index contributed by atoms with van der Waals surface area (Å²) in [7, 11) is 1.66. The van der Waals surface area contributed by atoms with Crippen molar-refractivity contribution in [3.8, 4) is 0 Å². The molecule has 2 atom stereocenters. The fourth-order valence-electron chi connectivity index (χ4n) is 1.69. The number of halogens is 2. The molecule has 0 amide bonds. The minimum Gasteiger partial charge on any atom is -0.387 e. The van der Waals surface area contributed by atoms with Crippen LogP contribution in [0, 0.1) is 0 Å². The fourth-order valence-corrected chi connectivity index (χ4v) is 2.23. The highest BCUT2D eigenvalue weighted by atomic mass is 35.5. The van der Waals surface area contributed by atoms with Gasteiger partial charge in [-0.2, -0.15) is 0 Å². The molecule has 0 spiro atoms. The van der Waals surface area contributed by atoms with Gasteiger partial charge in [0.1, 0.15) is 0 Å². The summed E-state index contributed by atoms with van der Waals surface area (Å²) in [6.07, 6.45) is 0.309. The van der Waals surface area contributed by atoms with E-state index >= 15 is 0 Å². The second-order valence-electron chi connectivity index (χ2n) is 4.19. The largest absolute Gasteiger partial charge is 0.387 e. The van der Waals surface area contributed by atoms with Gasteiger partial charge in [0, 0.05) is 29.7 Å². The SMILES string of the molecule is CCC(COC)NCC(O)c1cc(Cl)cc(Cl)c1. The first kappa shape index (κ1) is 15.7. The number of benzene rings is 1. The van der Waals surface area contributed by atoms with Crippen LogP contribution in [0.1, 0.15) is 25.0 Å². The second kappa shape index (κ2) is 7.97. The summed E-state index contributed by atoms with van der Waals surface area (Å²) < 4.78 is 5.08. The lowest BCUT2D eigenvalue weighted by atomic mass is 10.1. The molecule has 2 unspecified atom stereocenters. The van der Waals surface area contributed by atoms with Gasteiger partial charge in [0.05, 0.1) is 12.7 Å². The van der Waals surface area contributed by atoms with Crippen LogP contribution in [-0.4, -0.2) is 31.4 Å². The Balaban J connectivity index is 2.56. The average Bonchev–Trinajstić information content (AvgIpc) is 2.32. The van der Waals surface area contributed by atoms with E-state index in [2.05, 4.69) is 12.2 Å². The molecule has 1 aromatic carbocycles. The van der Waals surface area contributed by atoms with E-state index in [0.717, 1.165) is 6.42 Å². The van der Waals surface area contributed by atoms with E-state index in [-0.39, 0.29) is 6.04 Å². The predicted octanol–water partition coefficient (Wildman–Crippen LogP) is 3.04. The van der Waals surface area contributed by atoms with Gasteiger partial charge in [0.25, 0.3) is 0 Å². The van der Waals surface area contributed by atoms with Gasteiger partial charge >= 0.3 is 0 Å². The van der Waals surface area contributed by atoms with Gasteiger partial charge in [-0.1, -0.05) is 30.1 Å². The Morgan fingerprint density at radius 3 is 2.39 bits per heavy atom. The third kappa shape index (κ3) is 5.12. The molecule has 1 rings (SSSR count). The van der Waals surface area contributed by atoms with Crippen LogP contribution in [0.25, 0.3) is 0 Å². The van der Waals surface area contributed by atoms with Gasteiger partial charge in [0.2, 0.25) is 0 Å². The second-order valence-corrected chi connectivity index (χ2v) is 5.06. The number of methoxy groups -OCH3 is 1. The first-order chi connectivity index (χ1) is 8.56. The number of aliphatic hydroxyl groups excluding tert-OH is 1. The van der Waals surface area contributed by atoms with Gasteiger partial charge < -0.3 is 15.2 Å². The van der Waals surface area contributed by atoms with Crippen molar-refractivity contribution < 1.29 is 9.84 Å². The number of hydrogen-bond acceptors (Lipinski definition) is 3. The topological polar surface area (TPSA) is 41.5 Å². The third-order valence-electron chi connectivity index (χ3n) is 2.73. The van der Waals surface area contributed by atoms with Crippen LogP contribution in [0.2, 0.25) is 10.0 Å². The minimum atomic E-state index is -0.632. The molecule has 0 aliphatic rings. The third-order valence-corrected chi connectivity index (χ3v) is 3.17. The lowest BCUT2D eigenvalue weighted by Gasteiger charge is -2.19. The lowest BCUT2D eigenvalue weighted by molar-refractivity contribution is 0.137. The highest BCUT2D eigenvalue weighted by Gasteiger charge is 2.12. The van der Waals surface area contributed by atoms with Gasteiger partial charge in [-0.05, 0) is 30.2 Å². The van der Waals surface area contributed by atoms with Gasteiger partial charge in [0.15, 0.2) is 0 Å². The van der Waals surface area contributed by atoms with Gasteiger partial charge in [-0.15, -0.1) is 0 Å². The van der Waals surface area contributed by atoms with Crippen LogP contribution in [0.15, 0.2) is 18.2 Å². The molecule has 0 saturated carbocycles. The molecule has 1 aromatic rings. The zero-order valence-corrected chi connectivity index (χ0v) is 12.1. The smallest absolute Gasteiger partial charge is 0.0915 e. The maximum atomic E-state index is 10.1. The van der Waals surface area contributed by atoms with Crippen molar-refractivity contribution in [2.75, 3.05) is 20.3 Å². The van der Waals surface area contributed by atoms with Crippen LogP contribution in [-0.2, 0) is 4.74 Å². The van der Waals surface area contributed by atoms with Crippen LogP contribution < -0.4 is 5.32 Å². The highest BCUT2D eigenvalue weighted by Crippen LogP contribution is 2.23. The normalized spacial score (nSPS) is 14.5. The molecule has 0 radical (unpaired) electrons. The van der Waals surface area contributed by atoms with E-state index in [0.29, 0.717) is 28.8 Å². The quantitative estimate of drug-likeness (QED) is 0.811. The Morgan fingerprint density at radius 1 is 1.28 bits per heavy atom. The Hall–Kier alpha value is -0.320. The Bertz CT molecular complexity index is 354. The molecule has 0 heterocycles. The summed E-state index contributed by atoms with van der Waals surface area (Å²) in [5.74, 6) is 0. The maximum Gasteiger partial charge on any atom is 0.0915 e. The molecule has 0 aromatic heterocycles. The molecule has 2 N–H and O–H groups in total. The average molecular weight is 292 g/mol. The van der Waals surface area contributed by atoms with E-state index in [1.807, 2.05) is 0 Å². The summed E-state index contributed by atoms with van der Waals surface area (Å²) >= 11 is 11.8. The van der Waals surface area contributed by atoms with Crippen molar-refractivity contribution in [1.82, 2.24) is 5.32 Å². The highest BCUT2D eigenvalue weighted by molar-refractivity contribution is 6.34. The standard InChI is InChI=1S/C13H19Cl2NO2/c1-3-12(8-18-2)16-7-13(17)9-4-10(14)6-11(15)5-9/h4-6,12-13,16-17H,3,7-8H2,1-2H3. The Kier molecular flexibility index (Phi) is 6.97. The van der Waals surface area contributed by atoms with Crippen molar-refractivity contribution in [1.29, 1.82) is 0 Å². The fraction of sp³-hybridized carbons (Fsp3) is 0.538. The first-order valence-electron chi connectivity index (χ1n) is 5.93. The molecule has 0 fully saturated rings. The predicted molar refractivity (Wildman–Crippen MR) is 75.4 cm³/mol. The van der Waals surface area contributed by atoms with Crippen molar-refractivity contribution in [2.45, 2.75) is 25.5 Å². The first-order valence-corrected chi connectivity index (χ1v) is 6.68. The van der Waals surface area contributed by atoms with Crippen LogP contribution in [0.5, 0.6) is 0 Å². The molecule has 102 valence electrons. The Morgan fingerprint density at radius 2 is 1.89 bits per heavy atom. The van der Waals surface area contributed by atoms with Crippen LogP contribution in [0.4, 0.5) is 0 Å². The van der Waals surface area contributed by atoms with Crippen molar-refractivity contribution in [2.24, 2.45) is 0 Å². The minimum absolute atomic E-state index is 0.235. The van der Waals surface area contributed by atoms with Crippen LogP contribution >= 0.6 is 23.2 Å². The molecule has 3 nitrogen and oxygen atoms in total.